The van der Waals surface area contributed by atoms with Gasteiger partial charge in [-0.25, -0.2) is 0 Å². The van der Waals surface area contributed by atoms with E-state index in [1.807, 2.05) is 0 Å². The van der Waals surface area contributed by atoms with Crippen molar-refractivity contribution in [3.63, 3.8) is 0 Å². The molecule has 5 heteroatoms. The largest absolute Gasteiger partial charge is 0 e. The van der Waals surface area contributed by atoms with E-state index >= 15 is 0 Å². The summed E-state index contributed by atoms with van der Waals surface area (Å²) < 4.78 is 0. The fourth-order valence-electron chi connectivity index (χ4n) is 0. The standard InChI is InChI=1S/Ag.Cu.Ni.Sn.Zn. The molecule has 0 amide bonds. The summed E-state index contributed by atoms with van der Waals surface area (Å²) in [4.78, 5) is 0. The molecule has 0 spiro atoms. The van der Waals surface area contributed by atoms with Gasteiger partial charge in [0, 0.05) is 99.3 Å². The molecule has 0 aromatic carbocycles. The van der Waals surface area contributed by atoms with Crippen LogP contribution in [-0.4, -0.2) is 23.9 Å². The van der Waals surface area contributed by atoms with E-state index in [0.29, 0.717) is 0 Å². The van der Waals surface area contributed by atoms with Gasteiger partial charge in [-0.15, -0.1) is 0 Å². The smallest absolute Gasteiger partial charge is 0 e. The Balaban J connectivity index is 0. The molecule has 5 heavy (non-hydrogen) atoms. The molecule has 0 unspecified atom stereocenters. The zero-order valence-electron chi connectivity index (χ0n) is 2.13. The Morgan fingerprint density at radius 2 is 1.00 bits per heavy atom. The molecular weight excluding hydrogens is 414 g/mol. The molecule has 0 aromatic rings. The van der Waals surface area contributed by atoms with Crippen LogP contribution in [0.25, 0.3) is 0 Å². The minimum absolute atomic E-state index is 0. The summed E-state index contributed by atoms with van der Waals surface area (Å²) in [7, 11) is 0. The third-order valence-corrected chi connectivity index (χ3v) is 0. The summed E-state index contributed by atoms with van der Waals surface area (Å²) in [5.74, 6) is 0. The summed E-state index contributed by atoms with van der Waals surface area (Å²) in [5.41, 5.74) is 0. The average Bonchev–Trinajstić information content (AvgIpc) is 0. The first kappa shape index (κ1) is 41.7. The van der Waals surface area contributed by atoms with Gasteiger partial charge in [0.1, 0.15) is 0 Å². The average molecular weight is 414 g/mol. The van der Waals surface area contributed by atoms with Gasteiger partial charge in [-0.05, 0) is 0 Å². The van der Waals surface area contributed by atoms with Crippen molar-refractivity contribution in [1.29, 1.82) is 0 Å². The molecule has 0 nitrogen and oxygen atoms in total. The topological polar surface area (TPSA) is 0 Å². The number of rotatable bonds is 0. The maximum absolute atomic E-state index is 0. The molecule has 0 saturated carbocycles. The van der Waals surface area contributed by atoms with Crippen molar-refractivity contribution in [1.82, 2.24) is 0 Å². The van der Waals surface area contributed by atoms with E-state index in [0.717, 1.165) is 0 Å². The second kappa shape index (κ2) is 27.1. The Labute approximate surface area is 97.6 Å². The minimum atomic E-state index is 0. The fraction of sp³-hybridized carbons (Fsp3) is 0. The molecule has 0 aliphatic heterocycles. The van der Waals surface area contributed by atoms with E-state index in [4.69, 9.17) is 0 Å². The van der Waals surface area contributed by atoms with Crippen molar-refractivity contribution in [2.45, 2.75) is 0 Å². The molecule has 38 valence electrons. The van der Waals surface area contributed by atoms with Crippen molar-refractivity contribution in [3.05, 3.63) is 0 Å². The molecule has 0 bridgehead atoms. The van der Waals surface area contributed by atoms with Crippen LogP contribution in [0.3, 0.4) is 0 Å². The molecule has 6 radical (unpaired) electrons. The van der Waals surface area contributed by atoms with Gasteiger partial charge in [0.15, 0.2) is 0 Å². The normalized spacial score (nSPS) is 0. The van der Waals surface area contributed by atoms with Crippen LogP contribution < -0.4 is 0 Å². The van der Waals surface area contributed by atoms with E-state index in [2.05, 4.69) is 0 Å². The first-order valence-corrected chi connectivity index (χ1v) is 0. The quantitative estimate of drug-likeness (QED) is 0.474. The van der Waals surface area contributed by atoms with Gasteiger partial charge in [-0.2, -0.15) is 0 Å². The molecule has 0 heterocycles. The monoisotopic (exact) mass is 412 g/mol. The van der Waals surface area contributed by atoms with Gasteiger partial charge in [-0.1, -0.05) is 0 Å². The van der Waals surface area contributed by atoms with Crippen LogP contribution in [-0.2, 0) is 75.4 Å². The fourth-order valence-corrected chi connectivity index (χ4v) is 0. The van der Waals surface area contributed by atoms with E-state index in [9.17, 15) is 0 Å². The minimum Gasteiger partial charge on any atom is 0 e. The van der Waals surface area contributed by atoms with E-state index in [1.54, 1.807) is 0 Å². The summed E-state index contributed by atoms with van der Waals surface area (Å²) in [6.45, 7) is 0. The molecule has 0 aliphatic rings. The Bertz CT molecular complexity index is 11.6. The molecule has 0 aromatic heterocycles. The van der Waals surface area contributed by atoms with Crippen LogP contribution in [0.1, 0.15) is 0 Å². The molecule has 0 saturated heterocycles. The molecule has 0 N–H and O–H groups in total. The van der Waals surface area contributed by atoms with Gasteiger partial charge in [-0.3, -0.25) is 0 Å². The molecular formula is AgCuNiSnZn. The Morgan fingerprint density at radius 3 is 1.00 bits per heavy atom. The molecule has 0 rings (SSSR count). The van der Waals surface area contributed by atoms with Crippen LogP contribution in [0.2, 0.25) is 0 Å². The maximum Gasteiger partial charge on any atom is 0 e. The molecule has 0 fully saturated rings. The first-order chi connectivity index (χ1) is 0. The summed E-state index contributed by atoms with van der Waals surface area (Å²) >= 11 is 0. The van der Waals surface area contributed by atoms with E-state index in [1.165, 1.54) is 0 Å². The predicted octanol–water partition coefficient (Wildman–Crippen LogP) is -0.391. The van der Waals surface area contributed by atoms with Crippen LogP contribution in [0.15, 0.2) is 0 Å². The zero-order chi connectivity index (χ0) is 0. The summed E-state index contributed by atoms with van der Waals surface area (Å²) in [6.07, 6.45) is 0. The van der Waals surface area contributed by atoms with Crippen molar-refractivity contribution >= 4 is 23.9 Å². The predicted molar refractivity (Wildman–Crippen MR) is 5.75 cm³/mol. The second-order valence-electron chi connectivity index (χ2n) is 0. The third-order valence-electron chi connectivity index (χ3n) is 0. The van der Waals surface area contributed by atoms with Gasteiger partial charge >= 0.3 is 0 Å². The Morgan fingerprint density at radius 1 is 1.00 bits per heavy atom. The van der Waals surface area contributed by atoms with Crippen LogP contribution in [0, 0.1) is 0 Å². The van der Waals surface area contributed by atoms with Crippen LogP contribution >= 0.6 is 0 Å². The van der Waals surface area contributed by atoms with Gasteiger partial charge in [0.05, 0.1) is 0 Å². The van der Waals surface area contributed by atoms with Crippen molar-refractivity contribution in [3.8, 4) is 0 Å². The van der Waals surface area contributed by atoms with Crippen LogP contribution in [0.4, 0.5) is 0 Å². The summed E-state index contributed by atoms with van der Waals surface area (Å²) in [6, 6.07) is 0. The van der Waals surface area contributed by atoms with Crippen LogP contribution in [0.5, 0.6) is 0 Å². The summed E-state index contributed by atoms with van der Waals surface area (Å²) in [5, 5.41) is 0. The first-order valence-electron chi connectivity index (χ1n) is 0. The Hall–Kier alpha value is 3.18. The maximum atomic E-state index is 0. The molecule has 0 aliphatic carbocycles. The van der Waals surface area contributed by atoms with Crippen molar-refractivity contribution in [2.24, 2.45) is 0 Å². The third kappa shape index (κ3) is 19.1. The van der Waals surface area contributed by atoms with Gasteiger partial charge < -0.3 is 0 Å². The van der Waals surface area contributed by atoms with E-state index < -0.39 is 0 Å². The van der Waals surface area contributed by atoms with E-state index in [-0.39, 0.29) is 99.3 Å². The van der Waals surface area contributed by atoms with Gasteiger partial charge in [0.2, 0.25) is 0 Å². The number of hydrogen-bond donors (Lipinski definition) is 0. The number of hydrogen-bond acceptors (Lipinski definition) is 0. The van der Waals surface area contributed by atoms with Crippen molar-refractivity contribution < 1.29 is 75.4 Å². The van der Waals surface area contributed by atoms with Gasteiger partial charge in [0.25, 0.3) is 0 Å². The zero-order valence-corrected chi connectivity index (χ0v) is 11.4. The Kier molecular flexibility index (Phi) is 227. The van der Waals surface area contributed by atoms with Crippen molar-refractivity contribution in [2.75, 3.05) is 0 Å². The SMILES string of the molecule is [Ag].[Cu].[Ni].[Sn].[Zn]. The second-order valence-corrected chi connectivity index (χ2v) is 0. The molecule has 0 atom stereocenters.